The van der Waals surface area contributed by atoms with E-state index in [0.717, 1.165) is 5.56 Å². The molecule has 1 saturated heterocycles. The molecule has 0 saturated carbocycles. The van der Waals surface area contributed by atoms with Gasteiger partial charge in [-0.05, 0) is 43.0 Å². The molecule has 2 aliphatic heterocycles. The second-order valence-electron chi connectivity index (χ2n) is 11.3. The number of carbonyl (C=O) groups is 3. The van der Waals surface area contributed by atoms with Crippen molar-refractivity contribution in [3.05, 3.63) is 83.7 Å². The van der Waals surface area contributed by atoms with E-state index in [-0.39, 0.29) is 30.8 Å². The smallest absolute Gasteiger partial charge is 0.305 e. The van der Waals surface area contributed by atoms with Crippen molar-refractivity contribution < 1.29 is 29.3 Å². The van der Waals surface area contributed by atoms with Crippen LogP contribution in [0.15, 0.2) is 66.9 Å². The molecule has 0 radical (unpaired) electrons. The van der Waals surface area contributed by atoms with Gasteiger partial charge in [0.15, 0.2) is 5.60 Å². The van der Waals surface area contributed by atoms with Gasteiger partial charge < -0.3 is 24.7 Å². The number of ether oxygens (including phenoxy) is 1. The van der Waals surface area contributed by atoms with Gasteiger partial charge in [-0.15, -0.1) is 5.10 Å². The zero-order valence-corrected chi connectivity index (χ0v) is 25.1. The molecular formula is C33H39N5O6. The molecule has 1 unspecified atom stereocenters. The van der Waals surface area contributed by atoms with Gasteiger partial charge in [-0.1, -0.05) is 54.6 Å². The molecule has 3 heterocycles. The van der Waals surface area contributed by atoms with Crippen LogP contribution in [0.5, 0.6) is 0 Å². The minimum atomic E-state index is -1.82. The van der Waals surface area contributed by atoms with Crippen molar-refractivity contribution in [1.29, 1.82) is 0 Å². The number of methoxy groups -OCH3 is 1. The highest BCUT2D eigenvalue weighted by Crippen LogP contribution is 2.47. The van der Waals surface area contributed by atoms with Gasteiger partial charge >= 0.3 is 5.97 Å². The first-order valence-corrected chi connectivity index (χ1v) is 15.1. The lowest BCUT2D eigenvalue weighted by molar-refractivity contribution is -0.140. The summed E-state index contributed by atoms with van der Waals surface area (Å²) in [6.07, 6.45) is 8.01. The molecule has 1 fully saturated rings. The number of amides is 2. The molecule has 2 amide bonds. The van der Waals surface area contributed by atoms with Gasteiger partial charge in [0.2, 0.25) is 5.91 Å². The van der Waals surface area contributed by atoms with Gasteiger partial charge in [-0.2, -0.15) is 0 Å². The number of aliphatic hydroxyl groups is 2. The highest BCUT2D eigenvalue weighted by atomic mass is 16.5. The van der Waals surface area contributed by atoms with Crippen molar-refractivity contribution in [3.63, 3.8) is 0 Å². The van der Waals surface area contributed by atoms with Crippen LogP contribution in [0.3, 0.4) is 0 Å². The predicted octanol–water partition coefficient (Wildman–Crippen LogP) is 3.30. The van der Waals surface area contributed by atoms with Crippen molar-refractivity contribution in [1.82, 2.24) is 15.0 Å². The number of nitrogens with zero attached hydrogens (tertiary/aromatic N) is 5. The van der Waals surface area contributed by atoms with Gasteiger partial charge in [-0.3, -0.25) is 19.1 Å². The zero-order chi connectivity index (χ0) is 31.3. The second-order valence-corrected chi connectivity index (χ2v) is 11.3. The molecule has 2 N–H and O–H groups in total. The Kier molecular flexibility index (Phi) is 9.55. The monoisotopic (exact) mass is 601 g/mol. The molecule has 1 aromatic heterocycles. The average molecular weight is 602 g/mol. The number of allylic oxidation sites excluding steroid dienone is 1. The molecular weight excluding hydrogens is 562 g/mol. The fourth-order valence-corrected chi connectivity index (χ4v) is 5.84. The largest absolute Gasteiger partial charge is 0.469 e. The van der Waals surface area contributed by atoms with E-state index in [4.69, 9.17) is 4.74 Å². The lowest BCUT2D eigenvalue weighted by Gasteiger charge is -2.32. The van der Waals surface area contributed by atoms with Crippen LogP contribution in [0.4, 0.5) is 11.4 Å². The van der Waals surface area contributed by atoms with Crippen molar-refractivity contribution in [2.75, 3.05) is 36.6 Å². The first kappa shape index (κ1) is 31.1. The number of aryl methyl sites for hydroxylation is 1. The number of hydrogen-bond acceptors (Lipinski definition) is 8. The highest BCUT2D eigenvalue weighted by Gasteiger charge is 2.52. The van der Waals surface area contributed by atoms with Crippen molar-refractivity contribution >= 4 is 29.2 Å². The first-order valence-electron chi connectivity index (χ1n) is 15.1. The third kappa shape index (κ3) is 6.15. The Morgan fingerprint density at radius 1 is 1.14 bits per heavy atom. The van der Waals surface area contributed by atoms with Crippen LogP contribution in [-0.2, 0) is 31.3 Å². The van der Waals surface area contributed by atoms with Crippen molar-refractivity contribution in [2.45, 2.75) is 57.1 Å². The summed E-state index contributed by atoms with van der Waals surface area (Å²) in [6.45, 7) is 3.20. The van der Waals surface area contributed by atoms with Crippen LogP contribution in [0.1, 0.15) is 61.8 Å². The Bertz CT molecular complexity index is 1520. The number of rotatable bonds is 14. The van der Waals surface area contributed by atoms with Crippen LogP contribution in [-0.4, -0.2) is 69.8 Å². The van der Waals surface area contributed by atoms with Crippen LogP contribution in [0, 0.1) is 5.92 Å². The third-order valence-electron chi connectivity index (χ3n) is 8.56. The molecule has 0 spiro atoms. The van der Waals surface area contributed by atoms with Crippen LogP contribution >= 0.6 is 0 Å². The summed E-state index contributed by atoms with van der Waals surface area (Å²) in [5.41, 5.74) is 1.57. The molecule has 11 nitrogen and oxygen atoms in total. The van der Waals surface area contributed by atoms with Crippen molar-refractivity contribution in [3.8, 4) is 0 Å². The first-order chi connectivity index (χ1) is 21.3. The lowest BCUT2D eigenvalue weighted by atomic mass is 9.82. The standard InChI is InChI=1S/C33H39N5O6/c1-23(10-6-8-17-36-21-28(34-35-36)26(22-39)24-11-4-3-5-12-24)33(43)27-20-25(37-19-16-30(37)40)14-15-29(27)38(32(33)42)18-9-7-13-31(41)44-2/h3-6,10-12,14-15,20-21,23,26,39,43H,7-9,13,16-19,22H2,1-2H3/b10-6+/t23-,26?,33+/m0/s1. The number of benzene rings is 2. The molecule has 44 heavy (non-hydrogen) atoms. The van der Waals surface area contributed by atoms with Gasteiger partial charge in [-0.25, -0.2) is 0 Å². The quantitative estimate of drug-likeness (QED) is 0.124. The van der Waals surface area contributed by atoms with E-state index in [2.05, 4.69) is 10.3 Å². The maximum atomic E-state index is 13.8. The zero-order valence-electron chi connectivity index (χ0n) is 25.1. The number of carbonyl (C=O) groups excluding carboxylic acids is 3. The number of aromatic nitrogens is 3. The fourth-order valence-electron chi connectivity index (χ4n) is 5.84. The number of anilines is 2. The second kappa shape index (κ2) is 13.5. The minimum Gasteiger partial charge on any atom is -0.469 e. The maximum absolute atomic E-state index is 13.8. The number of unbranched alkanes of at least 4 members (excludes halogenated alkanes) is 1. The summed E-state index contributed by atoms with van der Waals surface area (Å²) in [6, 6.07) is 15.0. The summed E-state index contributed by atoms with van der Waals surface area (Å²) >= 11 is 0. The van der Waals surface area contributed by atoms with Crippen molar-refractivity contribution in [2.24, 2.45) is 5.92 Å². The van der Waals surface area contributed by atoms with E-state index in [1.54, 1.807) is 33.5 Å². The van der Waals surface area contributed by atoms with Gasteiger partial charge in [0.25, 0.3) is 5.91 Å². The number of fused-ring (bicyclic) bond motifs is 1. The molecule has 0 bridgehead atoms. The topological polar surface area (TPSA) is 138 Å². The Hall–Kier alpha value is -4.35. The number of esters is 1. The Balaban J connectivity index is 1.28. The van der Waals surface area contributed by atoms with E-state index in [1.807, 2.05) is 54.7 Å². The number of aliphatic hydroxyl groups excluding tert-OH is 1. The highest BCUT2D eigenvalue weighted by molar-refractivity contribution is 6.08. The van der Waals surface area contributed by atoms with E-state index in [0.29, 0.717) is 67.9 Å². The minimum absolute atomic E-state index is 0.00997. The molecule has 11 heteroatoms. The van der Waals surface area contributed by atoms with E-state index in [9.17, 15) is 24.6 Å². The Morgan fingerprint density at radius 3 is 2.61 bits per heavy atom. The number of hydrogen-bond donors (Lipinski definition) is 2. The average Bonchev–Trinajstić information content (AvgIpc) is 3.58. The molecule has 3 atom stereocenters. The predicted molar refractivity (Wildman–Crippen MR) is 164 cm³/mol. The fraction of sp³-hybridized carbons (Fsp3) is 0.424. The summed E-state index contributed by atoms with van der Waals surface area (Å²) < 4.78 is 6.43. The molecule has 5 rings (SSSR count). The van der Waals surface area contributed by atoms with Gasteiger partial charge in [0.05, 0.1) is 31.0 Å². The summed E-state index contributed by atoms with van der Waals surface area (Å²) in [4.78, 5) is 40.7. The summed E-state index contributed by atoms with van der Waals surface area (Å²) in [5, 5.41) is 30.5. The molecule has 232 valence electrons. The van der Waals surface area contributed by atoms with Gasteiger partial charge in [0.1, 0.15) is 0 Å². The SMILES string of the molecule is COC(=O)CCCCN1C(=O)[C@@](O)([C@@H](C)/C=C/CCn2cc(C(CO)c3ccccc3)nn2)c2cc(N3CCC3=O)ccc21. The summed E-state index contributed by atoms with van der Waals surface area (Å²) in [5.74, 6) is -1.55. The van der Waals surface area contributed by atoms with E-state index < -0.39 is 17.4 Å². The molecule has 3 aromatic rings. The maximum Gasteiger partial charge on any atom is 0.305 e. The van der Waals surface area contributed by atoms with E-state index in [1.165, 1.54) is 7.11 Å². The normalized spacial score (nSPS) is 19.3. The van der Waals surface area contributed by atoms with Gasteiger partial charge in [0, 0.05) is 55.8 Å². The Labute approximate surface area is 256 Å². The molecule has 0 aliphatic carbocycles. The lowest BCUT2D eigenvalue weighted by Crippen LogP contribution is -2.45. The van der Waals surface area contributed by atoms with Crippen LogP contribution < -0.4 is 9.80 Å². The van der Waals surface area contributed by atoms with Crippen LogP contribution in [0.2, 0.25) is 0 Å². The summed E-state index contributed by atoms with van der Waals surface area (Å²) in [7, 11) is 1.35. The van der Waals surface area contributed by atoms with E-state index >= 15 is 0 Å². The molecule has 2 aromatic carbocycles. The Morgan fingerprint density at radius 2 is 1.93 bits per heavy atom. The molecule has 2 aliphatic rings. The number of β-lactam (4-membered cyclic amide) rings is 1. The third-order valence-corrected chi connectivity index (χ3v) is 8.56. The van der Waals surface area contributed by atoms with Crippen LogP contribution in [0.25, 0.3) is 0 Å².